The molecule has 7 nitrogen and oxygen atoms in total. The molecule has 1 spiro atoms. The minimum atomic E-state index is -1.28. The number of esters is 2. The van der Waals surface area contributed by atoms with Crippen LogP contribution in [0, 0.1) is 11.8 Å². The number of hydrogen-bond donors (Lipinski definition) is 1. The summed E-state index contributed by atoms with van der Waals surface area (Å²) >= 11 is 0. The average Bonchev–Trinajstić information content (AvgIpc) is 2.92. The Morgan fingerprint density at radius 1 is 1.18 bits per heavy atom. The number of rotatable bonds is 6. The highest BCUT2D eigenvalue weighted by molar-refractivity contribution is 6.31. The first-order valence-corrected chi connectivity index (χ1v) is 9.79. The van der Waals surface area contributed by atoms with E-state index in [1.165, 1.54) is 0 Å². The van der Waals surface area contributed by atoms with E-state index in [4.69, 9.17) is 14.2 Å². The third-order valence-corrected chi connectivity index (χ3v) is 5.40. The van der Waals surface area contributed by atoms with Gasteiger partial charge in [-0.3, -0.25) is 0 Å². The number of likely N-dealkylation sites (tertiary alicyclic amines) is 1. The van der Waals surface area contributed by atoms with Crippen LogP contribution in [0.3, 0.4) is 0 Å². The van der Waals surface area contributed by atoms with Gasteiger partial charge < -0.3 is 19.3 Å². The van der Waals surface area contributed by atoms with Gasteiger partial charge in [0, 0.05) is 13.1 Å². The van der Waals surface area contributed by atoms with E-state index in [0.29, 0.717) is 32.0 Å². The van der Waals surface area contributed by atoms with Crippen molar-refractivity contribution in [2.24, 2.45) is 11.8 Å². The fourth-order valence-electron chi connectivity index (χ4n) is 3.99. The fourth-order valence-corrected chi connectivity index (χ4v) is 3.99. The van der Waals surface area contributed by atoms with Crippen LogP contribution < -0.4 is 4.74 Å². The molecule has 1 aromatic rings. The second-order valence-electron chi connectivity index (χ2n) is 8.38. The van der Waals surface area contributed by atoms with Crippen LogP contribution in [0.25, 0.3) is 0 Å². The molecule has 0 saturated carbocycles. The Morgan fingerprint density at radius 3 is 2.36 bits per heavy atom. The third kappa shape index (κ3) is 4.15. The molecule has 2 aliphatic rings. The van der Waals surface area contributed by atoms with Crippen LogP contribution in [0.15, 0.2) is 24.3 Å². The smallest absolute Gasteiger partial charge is 0.421 e. The predicted octanol–water partition coefficient (Wildman–Crippen LogP) is 2.41. The molecular weight excluding hydrogens is 362 g/mol. The number of piperidine rings is 1. The molecule has 0 amide bonds. The molecule has 3 rings (SSSR count). The topological polar surface area (TPSA) is 85.3 Å². The Bertz CT molecular complexity index is 707. The molecular formula is C21H29NO6. The Morgan fingerprint density at radius 2 is 1.79 bits per heavy atom. The van der Waals surface area contributed by atoms with Gasteiger partial charge in [0.1, 0.15) is 5.75 Å². The van der Waals surface area contributed by atoms with Crippen LogP contribution in [-0.2, 0) is 24.7 Å². The lowest BCUT2D eigenvalue weighted by Crippen LogP contribution is -2.60. The third-order valence-electron chi connectivity index (χ3n) is 5.40. The highest BCUT2D eigenvalue weighted by Crippen LogP contribution is 2.41. The summed E-state index contributed by atoms with van der Waals surface area (Å²) in [6.07, 6.45) is 1.50. The lowest BCUT2D eigenvalue weighted by atomic mass is 9.88. The first kappa shape index (κ1) is 20.6. The minimum absolute atomic E-state index is 0.0954. The molecule has 1 N–H and O–H groups in total. The maximum atomic E-state index is 11.7. The molecule has 0 bridgehead atoms. The molecule has 0 aliphatic carbocycles. The zero-order valence-electron chi connectivity index (χ0n) is 16.9. The summed E-state index contributed by atoms with van der Waals surface area (Å²) in [5.41, 5.74) is -0.0621. The zero-order chi connectivity index (χ0) is 20.5. The van der Waals surface area contributed by atoms with E-state index in [0.717, 1.165) is 17.7 Å². The number of hydrogen-bond acceptors (Lipinski definition) is 7. The quantitative estimate of drug-likeness (QED) is 0.453. The Kier molecular flexibility index (Phi) is 5.68. The van der Waals surface area contributed by atoms with E-state index in [9.17, 15) is 14.7 Å². The average molecular weight is 391 g/mol. The number of benzene rings is 1. The van der Waals surface area contributed by atoms with E-state index >= 15 is 0 Å². The van der Waals surface area contributed by atoms with E-state index in [2.05, 4.69) is 6.92 Å². The van der Waals surface area contributed by atoms with E-state index < -0.39 is 23.5 Å². The maximum absolute atomic E-state index is 11.7. The largest absolute Gasteiger partial charge is 0.494 e. The van der Waals surface area contributed by atoms with Crippen molar-refractivity contribution in [2.45, 2.75) is 52.0 Å². The van der Waals surface area contributed by atoms with Gasteiger partial charge in [0.15, 0.2) is 0 Å². The molecule has 2 aliphatic heterocycles. The van der Waals surface area contributed by atoms with Gasteiger partial charge in [0.05, 0.1) is 18.1 Å². The summed E-state index contributed by atoms with van der Waals surface area (Å²) in [4.78, 5) is 25.3. The van der Waals surface area contributed by atoms with Gasteiger partial charge >= 0.3 is 17.8 Å². The minimum Gasteiger partial charge on any atom is -0.494 e. The highest BCUT2D eigenvalue weighted by Gasteiger charge is 2.58. The lowest BCUT2D eigenvalue weighted by Gasteiger charge is -2.46. The van der Waals surface area contributed by atoms with E-state index in [1.54, 1.807) is 13.8 Å². The normalized spacial score (nSPS) is 24.9. The van der Waals surface area contributed by atoms with Crippen molar-refractivity contribution in [2.75, 3.05) is 19.7 Å². The van der Waals surface area contributed by atoms with E-state index in [1.807, 2.05) is 36.1 Å². The van der Waals surface area contributed by atoms with Crippen molar-refractivity contribution < 1.29 is 28.9 Å². The second-order valence-corrected chi connectivity index (χ2v) is 8.38. The molecule has 7 heteroatoms. The van der Waals surface area contributed by atoms with Crippen LogP contribution in [0.1, 0.15) is 46.1 Å². The summed E-state index contributed by atoms with van der Waals surface area (Å²) in [6, 6.07) is 7.35. The number of carbonyl (C=O) groups is 2. The summed E-state index contributed by atoms with van der Waals surface area (Å²) < 4.78 is 16.6. The van der Waals surface area contributed by atoms with Crippen LogP contribution >= 0.6 is 0 Å². The standard InChI is InChI=1S/C21H29NO6/c1-14-12-15(2)21(27-18(23)19(24)28-21)22(13-14)10-5-11-26-17-8-6-16(7-9-17)20(3,4)25/h6-9,14-15,25H,5,10-13H2,1-4H3. The summed E-state index contributed by atoms with van der Waals surface area (Å²) in [5, 5.41) is 10.0. The number of ether oxygens (including phenoxy) is 3. The van der Waals surface area contributed by atoms with Gasteiger partial charge in [-0.15, -0.1) is 0 Å². The Hall–Kier alpha value is -2.12. The monoisotopic (exact) mass is 391 g/mol. The lowest BCUT2D eigenvalue weighted by molar-refractivity contribution is -0.293. The van der Waals surface area contributed by atoms with Crippen molar-refractivity contribution >= 4 is 11.9 Å². The highest BCUT2D eigenvalue weighted by atomic mass is 16.8. The molecule has 2 saturated heterocycles. The van der Waals surface area contributed by atoms with E-state index in [-0.39, 0.29) is 5.92 Å². The van der Waals surface area contributed by atoms with Gasteiger partial charge in [-0.25, -0.2) is 14.5 Å². The zero-order valence-corrected chi connectivity index (χ0v) is 16.9. The Labute approximate surface area is 165 Å². The second kappa shape index (κ2) is 7.72. The summed E-state index contributed by atoms with van der Waals surface area (Å²) in [7, 11) is 0. The van der Waals surface area contributed by atoms with Crippen molar-refractivity contribution in [1.29, 1.82) is 0 Å². The van der Waals surface area contributed by atoms with Gasteiger partial charge in [-0.05, 0) is 50.3 Å². The van der Waals surface area contributed by atoms with Gasteiger partial charge in [0.2, 0.25) is 0 Å². The van der Waals surface area contributed by atoms with Crippen molar-refractivity contribution in [3.8, 4) is 5.75 Å². The van der Waals surface area contributed by atoms with Gasteiger partial charge in [-0.1, -0.05) is 26.0 Å². The number of carbonyl (C=O) groups excluding carboxylic acids is 2. The van der Waals surface area contributed by atoms with Crippen molar-refractivity contribution in [3.63, 3.8) is 0 Å². The fraction of sp³-hybridized carbons (Fsp3) is 0.619. The van der Waals surface area contributed by atoms with Crippen molar-refractivity contribution in [3.05, 3.63) is 29.8 Å². The molecule has 2 fully saturated rings. The number of aliphatic hydroxyl groups is 1. The summed E-state index contributed by atoms with van der Waals surface area (Å²) in [5.74, 6) is -2.09. The first-order valence-electron chi connectivity index (χ1n) is 9.79. The van der Waals surface area contributed by atoms with Crippen molar-refractivity contribution in [1.82, 2.24) is 4.90 Å². The SMILES string of the molecule is CC1CC(C)C2(OC(=O)C(=O)O2)N(CCCOc2ccc(C(C)(C)O)cc2)C1. The van der Waals surface area contributed by atoms with Crippen LogP contribution in [0.4, 0.5) is 0 Å². The predicted molar refractivity (Wildman–Crippen MR) is 101 cm³/mol. The van der Waals surface area contributed by atoms with Gasteiger partial charge in [-0.2, -0.15) is 0 Å². The van der Waals surface area contributed by atoms with Crippen LogP contribution in [0.5, 0.6) is 5.75 Å². The summed E-state index contributed by atoms with van der Waals surface area (Å²) in [6.45, 7) is 9.29. The maximum Gasteiger partial charge on any atom is 0.421 e. The molecule has 2 heterocycles. The first-order chi connectivity index (χ1) is 13.1. The molecule has 0 radical (unpaired) electrons. The molecule has 2 atom stereocenters. The Balaban J connectivity index is 1.57. The molecule has 0 aromatic heterocycles. The van der Waals surface area contributed by atoms with Gasteiger partial charge in [0.25, 0.3) is 0 Å². The molecule has 28 heavy (non-hydrogen) atoms. The number of nitrogens with zero attached hydrogens (tertiary/aromatic N) is 1. The molecule has 1 aromatic carbocycles. The van der Waals surface area contributed by atoms with Crippen LogP contribution in [-0.4, -0.2) is 47.6 Å². The van der Waals surface area contributed by atoms with Crippen LogP contribution in [0.2, 0.25) is 0 Å². The molecule has 2 unspecified atom stereocenters. The molecule has 154 valence electrons.